The molecule has 0 aliphatic rings. The van der Waals surface area contributed by atoms with E-state index in [1.165, 1.54) is 21.3 Å². The summed E-state index contributed by atoms with van der Waals surface area (Å²) in [6.45, 7) is 5.46. The minimum atomic E-state index is -3.33. The third-order valence-electron chi connectivity index (χ3n) is 5.29. The molecule has 0 aliphatic carbocycles. The number of hydrogen-bond donors (Lipinski definition) is 0. The number of methoxy groups -OCH3 is 3. The van der Waals surface area contributed by atoms with Crippen LogP contribution in [0.3, 0.4) is 0 Å². The minimum absolute atomic E-state index is 0.160. The van der Waals surface area contributed by atoms with E-state index in [-0.39, 0.29) is 33.9 Å². The van der Waals surface area contributed by atoms with Gasteiger partial charge in [-0.05, 0) is 57.2 Å². The van der Waals surface area contributed by atoms with Gasteiger partial charge in [0.25, 0.3) is 0 Å². The summed E-state index contributed by atoms with van der Waals surface area (Å²) >= 11 is -3.33. The standard InChI is InChI=1S/3C9H10O3.Al/c3*1-6-3-4-8(10)7(5-6)9(11)12-2;/h3*3-5,10H,1-2H3;/q;;;+3/p-3. The highest BCUT2D eigenvalue weighted by molar-refractivity contribution is 6.40. The average Bonchev–Trinajstić information content (AvgIpc) is 2.90. The van der Waals surface area contributed by atoms with Gasteiger partial charge in [0.15, 0.2) is 0 Å². The van der Waals surface area contributed by atoms with Gasteiger partial charge in [-0.25, -0.2) is 14.4 Å². The van der Waals surface area contributed by atoms with Crippen LogP contribution in [0.1, 0.15) is 47.8 Å². The van der Waals surface area contributed by atoms with E-state index >= 15 is 0 Å². The molecule has 0 radical (unpaired) electrons. The second-order valence-electron chi connectivity index (χ2n) is 8.12. The largest absolute Gasteiger partial charge is 1.20 e. The first-order chi connectivity index (χ1) is 17.7. The monoisotopic (exact) mass is 522 g/mol. The zero-order chi connectivity index (χ0) is 27.1. The smallest absolute Gasteiger partial charge is 0.577 e. The molecule has 0 atom stereocenters. The molecule has 9 nitrogen and oxygen atoms in total. The van der Waals surface area contributed by atoms with E-state index in [1.54, 1.807) is 54.6 Å². The van der Waals surface area contributed by atoms with Gasteiger partial charge in [0.05, 0.1) is 55.3 Å². The molecule has 10 heteroatoms. The molecular weight excluding hydrogens is 495 g/mol. The molecule has 0 spiro atoms. The van der Waals surface area contributed by atoms with Crippen LogP contribution in [0.15, 0.2) is 54.6 Å². The predicted molar refractivity (Wildman–Crippen MR) is 135 cm³/mol. The first kappa shape index (κ1) is 27.6. The number of aryl methyl sites for hydroxylation is 3. The van der Waals surface area contributed by atoms with Gasteiger partial charge in [-0.15, -0.1) is 0 Å². The predicted octanol–water partition coefficient (Wildman–Crippen LogP) is 4.49. The van der Waals surface area contributed by atoms with Crippen LogP contribution in [0.5, 0.6) is 17.2 Å². The molecule has 192 valence electrons. The molecule has 0 saturated carbocycles. The summed E-state index contributed by atoms with van der Waals surface area (Å²) in [5, 5.41) is 0. The maximum atomic E-state index is 12.4. The molecule has 0 aromatic heterocycles. The molecule has 0 unspecified atom stereocenters. The van der Waals surface area contributed by atoms with Crippen LogP contribution >= 0.6 is 0 Å². The van der Waals surface area contributed by atoms with Gasteiger partial charge < -0.3 is 25.6 Å². The van der Waals surface area contributed by atoms with E-state index in [0.717, 1.165) is 16.7 Å². The lowest BCUT2D eigenvalue weighted by Crippen LogP contribution is -2.38. The van der Waals surface area contributed by atoms with Gasteiger partial charge in [0.2, 0.25) is 0 Å². The summed E-state index contributed by atoms with van der Waals surface area (Å²) in [6, 6.07) is 14.9. The van der Waals surface area contributed by atoms with Crippen molar-refractivity contribution >= 4 is 33.1 Å². The Bertz CT molecular complexity index is 1160. The normalized spacial score (nSPS) is 10.2. The summed E-state index contributed by atoms with van der Waals surface area (Å²) in [7, 11) is 3.79. The first-order valence-corrected chi connectivity index (χ1v) is 12.6. The van der Waals surface area contributed by atoms with Crippen LogP contribution < -0.4 is 11.4 Å². The van der Waals surface area contributed by atoms with Crippen molar-refractivity contribution in [1.29, 1.82) is 0 Å². The van der Waals surface area contributed by atoms with Crippen molar-refractivity contribution < 1.29 is 40.0 Å². The third kappa shape index (κ3) is 6.82. The van der Waals surface area contributed by atoms with Crippen LogP contribution in [0.2, 0.25) is 0 Å². The highest BCUT2D eigenvalue weighted by Crippen LogP contribution is 2.28. The second-order valence-corrected chi connectivity index (χ2v) is 9.40. The number of benzene rings is 3. The van der Waals surface area contributed by atoms with Crippen LogP contribution in [0, 0.1) is 20.8 Å². The number of esters is 3. The molecule has 0 N–H and O–H groups in total. The number of carbonyl (C=O) groups excluding carboxylic acids is 3. The zero-order valence-electron chi connectivity index (χ0n) is 21.4. The van der Waals surface area contributed by atoms with E-state index in [4.69, 9.17) is 25.6 Å². The van der Waals surface area contributed by atoms with Gasteiger partial charge in [0.1, 0.15) is 0 Å². The number of carbonyl (C=O) groups is 3. The van der Waals surface area contributed by atoms with Gasteiger partial charge in [-0.3, -0.25) is 0 Å². The molecule has 0 bridgehead atoms. The molecule has 3 aromatic rings. The Labute approximate surface area is 220 Å². The van der Waals surface area contributed by atoms with E-state index in [1.807, 2.05) is 20.8 Å². The molecule has 3 rings (SSSR count). The molecular formula is C27H27AlO9. The fourth-order valence-corrected chi connectivity index (χ4v) is 4.81. The number of ether oxygens (including phenoxy) is 3. The van der Waals surface area contributed by atoms with Crippen molar-refractivity contribution in [3.63, 3.8) is 0 Å². The highest BCUT2D eigenvalue weighted by Gasteiger charge is 2.47. The molecule has 0 heterocycles. The van der Waals surface area contributed by atoms with Crippen LogP contribution in [0.4, 0.5) is 0 Å². The van der Waals surface area contributed by atoms with E-state index in [9.17, 15) is 14.4 Å². The summed E-state index contributed by atoms with van der Waals surface area (Å²) in [6.07, 6.45) is 0. The fourth-order valence-electron chi connectivity index (χ4n) is 3.43. The summed E-state index contributed by atoms with van der Waals surface area (Å²) in [4.78, 5) is 37.3. The Balaban J connectivity index is 2.09. The van der Waals surface area contributed by atoms with Gasteiger partial charge in [0, 0.05) is 0 Å². The maximum Gasteiger partial charge on any atom is 1.20 e. The maximum absolute atomic E-state index is 12.4. The van der Waals surface area contributed by atoms with Crippen LogP contribution in [-0.4, -0.2) is 54.4 Å². The lowest BCUT2D eigenvalue weighted by molar-refractivity contribution is 0.0590. The summed E-state index contributed by atoms with van der Waals surface area (Å²) in [5.74, 6) is -1.35. The summed E-state index contributed by atoms with van der Waals surface area (Å²) < 4.78 is 33.1. The third-order valence-corrected chi connectivity index (χ3v) is 6.63. The van der Waals surface area contributed by atoms with Crippen molar-refractivity contribution in [2.24, 2.45) is 0 Å². The second kappa shape index (κ2) is 12.3. The van der Waals surface area contributed by atoms with Gasteiger partial charge in [-0.1, -0.05) is 34.9 Å². The zero-order valence-corrected chi connectivity index (χ0v) is 22.6. The van der Waals surface area contributed by atoms with Crippen LogP contribution in [-0.2, 0) is 14.2 Å². The minimum Gasteiger partial charge on any atom is -0.577 e. The van der Waals surface area contributed by atoms with Crippen molar-refractivity contribution in [2.75, 3.05) is 21.3 Å². The Kier molecular flexibility index (Phi) is 9.17. The van der Waals surface area contributed by atoms with E-state index in [2.05, 4.69) is 0 Å². The van der Waals surface area contributed by atoms with Crippen LogP contribution in [0.25, 0.3) is 0 Å². The quantitative estimate of drug-likeness (QED) is 0.228. The molecule has 0 fully saturated rings. The number of hydrogen-bond acceptors (Lipinski definition) is 9. The van der Waals surface area contributed by atoms with Crippen molar-refractivity contribution in [3.05, 3.63) is 88.0 Å². The van der Waals surface area contributed by atoms with Crippen molar-refractivity contribution in [3.8, 4) is 17.2 Å². The van der Waals surface area contributed by atoms with Gasteiger partial charge in [-0.2, -0.15) is 0 Å². The first-order valence-electron chi connectivity index (χ1n) is 11.2. The lowest BCUT2D eigenvalue weighted by Gasteiger charge is -2.20. The van der Waals surface area contributed by atoms with Crippen molar-refractivity contribution in [1.82, 2.24) is 0 Å². The molecule has 0 aliphatic heterocycles. The highest BCUT2D eigenvalue weighted by atomic mass is 27.3. The van der Waals surface area contributed by atoms with Crippen molar-refractivity contribution in [2.45, 2.75) is 20.8 Å². The average molecular weight is 522 g/mol. The van der Waals surface area contributed by atoms with Gasteiger partial charge >= 0.3 is 33.1 Å². The molecule has 37 heavy (non-hydrogen) atoms. The molecule has 0 saturated heterocycles. The molecule has 3 aromatic carbocycles. The van der Waals surface area contributed by atoms with E-state index in [0.29, 0.717) is 0 Å². The molecule has 0 amide bonds. The topological polar surface area (TPSA) is 107 Å². The lowest BCUT2D eigenvalue weighted by atomic mass is 10.1. The number of rotatable bonds is 9. The SMILES string of the molecule is COC(=O)c1cc(C)ccc1[O][Al]([O]c1ccc(C)cc1C(=O)OC)[O]c1ccc(C)cc1C(=O)OC. The Morgan fingerprint density at radius 3 is 1.03 bits per heavy atom. The summed E-state index contributed by atoms with van der Waals surface area (Å²) in [5.41, 5.74) is 2.94. The fraction of sp³-hybridized carbons (Fsp3) is 0.222. The Morgan fingerprint density at radius 1 is 0.514 bits per heavy atom. The van der Waals surface area contributed by atoms with E-state index < -0.39 is 33.1 Å². The Hall–Kier alpha value is -4.00. The Morgan fingerprint density at radius 2 is 0.784 bits per heavy atom.